The maximum absolute atomic E-state index is 12.9. The molecular formula is C21H23N3O5S2. The highest BCUT2D eigenvalue weighted by atomic mass is 32.2. The minimum atomic E-state index is -3.64. The van der Waals surface area contributed by atoms with Crippen LogP contribution in [0.2, 0.25) is 0 Å². The molecule has 1 amide bonds. The number of hydrogen-bond donors (Lipinski definition) is 1. The molecule has 0 bridgehead atoms. The van der Waals surface area contributed by atoms with Gasteiger partial charge in [0.15, 0.2) is 0 Å². The summed E-state index contributed by atoms with van der Waals surface area (Å²) in [5.74, 6) is 0.193. The molecule has 2 atom stereocenters. The summed E-state index contributed by atoms with van der Waals surface area (Å²) in [6.07, 6.45) is 1.18. The third-order valence-electron chi connectivity index (χ3n) is 4.85. The molecule has 0 saturated carbocycles. The minimum Gasteiger partial charge on any atom is -0.443 e. The number of oxazole rings is 1. The van der Waals surface area contributed by atoms with Crippen LogP contribution in [-0.2, 0) is 21.3 Å². The first-order chi connectivity index (χ1) is 14.8. The summed E-state index contributed by atoms with van der Waals surface area (Å²) in [6.45, 7) is 4.52. The van der Waals surface area contributed by atoms with Crippen molar-refractivity contribution in [2.45, 2.75) is 37.5 Å². The lowest BCUT2D eigenvalue weighted by Crippen LogP contribution is -2.48. The zero-order valence-electron chi connectivity index (χ0n) is 17.1. The van der Waals surface area contributed by atoms with Crippen molar-refractivity contribution in [1.82, 2.24) is 14.6 Å². The van der Waals surface area contributed by atoms with E-state index in [1.54, 1.807) is 0 Å². The van der Waals surface area contributed by atoms with Crippen LogP contribution in [0.5, 0.6) is 0 Å². The van der Waals surface area contributed by atoms with E-state index >= 15 is 0 Å². The number of carbonyl (C=O) groups is 1. The quantitative estimate of drug-likeness (QED) is 0.605. The highest BCUT2D eigenvalue weighted by Gasteiger charge is 2.32. The normalized spacial score (nSPS) is 19.9. The van der Waals surface area contributed by atoms with Gasteiger partial charge in [0.2, 0.25) is 15.9 Å². The zero-order chi connectivity index (χ0) is 22.0. The second-order valence-corrected chi connectivity index (χ2v) is 10.3. The van der Waals surface area contributed by atoms with E-state index in [1.807, 2.05) is 31.4 Å². The lowest BCUT2D eigenvalue weighted by atomic mass is 10.2. The Bertz CT molecular complexity index is 1130. The van der Waals surface area contributed by atoms with Gasteiger partial charge in [-0.3, -0.25) is 4.79 Å². The Morgan fingerprint density at radius 2 is 1.90 bits per heavy atom. The van der Waals surface area contributed by atoms with E-state index in [2.05, 4.69) is 10.3 Å². The molecule has 1 saturated heterocycles. The minimum absolute atomic E-state index is 0.155. The van der Waals surface area contributed by atoms with Crippen molar-refractivity contribution < 1.29 is 22.4 Å². The van der Waals surface area contributed by atoms with Crippen molar-refractivity contribution in [3.05, 3.63) is 59.3 Å². The molecule has 164 valence electrons. The molecule has 0 unspecified atom stereocenters. The van der Waals surface area contributed by atoms with Gasteiger partial charge in [0.25, 0.3) is 5.91 Å². The topological polar surface area (TPSA) is 102 Å². The van der Waals surface area contributed by atoms with Crippen LogP contribution in [0.4, 0.5) is 0 Å². The number of hydrogen-bond acceptors (Lipinski definition) is 7. The number of nitrogens with zero attached hydrogens (tertiary/aromatic N) is 2. The van der Waals surface area contributed by atoms with Crippen LogP contribution in [0.15, 0.2) is 57.4 Å². The first kappa shape index (κ1) is 21.7. The largest absolute Gasteiger partial charge is 0.443 e. The summed E-state index contributed by atoms with van der Waals surface area (Å²) in [5, 5.41) is 4.71. The Labute approximate surface area is 184 Å². The summed E-state index contributed by atoms with van der Waals surface area (Å²) in [5.41, 5.74) is 0.969. The number of thiophene rings is 1. The van der Waals surface area contributed by atoms with Gasteiger partial charge in [0.1, 0.15) is 6.26 Å². The van der Waals surface area contributed by atoms with Crippen molar-refractivity contribution in [2.75, 3.05) is 13.1 Å². The first-order valence-corrected chi connectivity index (χ1v) is 12.2. The van der Waals surface area contributed by atoms with E-state index < -0.39 is 10.0 Å². The van der Waals surface area contributed by atoms with Crippen LogP contribution >= 0.6 is 11.3 Å². The van der Waals surface area contributed by atoms with Crippen LogP contribution in [-0.4, -0.2) is 48.9 Å². The Balaban J connectivity index is 1.39. The maximum atomic E-state index is 12.9. The standard InChI is InChI=1S/C21H23N3O5S2/c1-14-11-24(12-15(2)29-14)31(26,27)18-7-5-16(6-8-18)20(25)22-10-17-13-28-21(23-17)19-4-3-9-30-19/h3-9,13-15H,10-12H2,1-2H3,(H,22,25)/t14-,15-/m0/s1. The summed E-state index contributed by atoms with van der Waals surface area (Å²) in [6, 6.07) is 9.76. The van der Waals surface area contributed by atoms with Gasteiger partial charge in [0, 0.05) is 18.7 Å². The monoisotopic (exact) mass is 461 g/mol. The van der Waals surface area contributed by atoms with Gasteiger partial charge in [-0.1, -0.05) is 6.07 Å². The van der Waals surface area contributed by atoms with Crippen molar-refractivity contribution in [3.8, 4) is 10.8 Å². The smallest absolute Gasteiger partial charge is 0.251 e. The highest BCUT2D eigenvalue weighted by Crippen LogP contribution is 2.24. The molecule has 10 heteroatoms. The van der Waals surface area contributed by atoms with Crippen molar-refractivity contribution in [1.29, 1.82) is 0 Å². The van der Waals surface area contributed by atoms with Gasteiger partial charge in [-0.15, -0.1) is 11.3 Å². The number of aromatic nitrogens is 1. The molecule has 1 N–H and O–H groups in total. The predicted molar refractivity (Wildman–Crippen MR) is 116 cm³/mol. The van der Waals surface area contributed by atoms with Crippen molar-refractivity contribution in [2.24, 2.45) is 0 Å². The van der Waals surface area contributed by atoms with Crippen LogP contribution < -0.4 is 5.32 Å². The fourth-order valence-electron chi connectivity index (χ4n) is 3.43. The van der Waals surface area contributed by atoms with Gasteiger partial charge in [-0.05, 0) is 49.6 Å². The van der Waals surface area contributed by atoms with Crippen LogP contribution in [0.1, 0.15) is 29.9 Å². The Kier molecular flexibility index (Phi) is 6.24. The fourth-order valence-corrected chi connectivity index (χ4v) is 5.67. The molecule has 31 heavy (non-hydrogen) atoms. The number of ether oxygens (including phenoxy) is 1. The average Bonchev–Trinajstić information content (AvgIpc) is 3.43. The third-order valence-corrected chi connectivity index (χ3v) is 7.56. The molecule has 3 heterocycles. The molecule has 1 aromatic carbocycles. The molecule has 2 aromatic heterocycles. The Morgan fingerprint density at radius 1 is 1.19 bits per heavy atom. The number of nitrogens with one attached hydrogen (secondary N) is 1. The lowest BCUT2D eigenvalue weighted by molar-refractivity contribution is -0.0440. The molecule has 0 spiro atoms. The van der Waals surface area contributed by atoms with E-state index in [9.17, 15) is 13.2 Å². The van der Waals surface area contributed by atoms with Crippen LogP contribution in [0, 0.1) is 0 Å². The number of benzene rings is 1. The van der Waals surface area contributed by atoms with Gasteiger partial charge < -0.3 is 14.5 Å². The van der Waals surface area contributed by atoms with E-state index in [0.717, 1.165) is 4.88 Å². The number of sulfonamides is 1. The van der Waals surface area contributed by atoms with E-state index in [1.165, 1.54) is 46.2 Å². The Hall–Kier alpha value is -2.53. The highest BCUT2D eigenvalue weighted by molar-refractivity contribution is 7.89. The second-order valence-electron chi connectivity index (χ2n) is 7.41. The van der Waals surface area contributed by atoms with Gasteiger partial charge >= 0.3 is 0 Å². The van der Waals surface area contributed by atoms with Crippen molar-refractivity contribution in [3.63, 3.8) is 0 Å². The summed E-state index contributed by atoms with van der Waals surface area (Å²) in [7, 11) is -3.64. The van der Waals surface area contributed by atoms with Gasteiger partial charge in [-0.2, -0.15) is 4.31 Å². The molecule has 1 fully saturated rings. The molecule has 3 aromatic rings. The van der Waals surface area contributed by atoms with Crippen molar-refractivity contribution >= 4 is 27.3 Å². The predicted octanol–water partition coefficient (Wildman–Crippen LogP) is 3.13. The van der Waals surface area contributed by atoms with E-state index in [4.69, 9.17) is 9.15 Å². The molecule has 0 aliphatic carbocycles. The number of rotatable bonds is 6. The summed E-state index contributed by atoms with van der Waals surface area (Å²) >= 11 is 1.52. The molecule has 1 aliphatic heterocycles. The summed E-state index contributed by atoms with van der Waals surface area (Å²) in [4.78, 5) is 17.9. The van der Waals surface area contributed by atoms with Gasteiger partial charge in [-0.25, -0.2) is 13.4 Å². The van der Waals surface area contributed by atoms with E-state index in [0.29, 0.717) is 30.2 Å². The SMILES string of the molecule is C[C@H]1CN(S(=O)(=O)c2ccc(C(=O)NCc3coc(-c4cccs4)n3)cc2)C[C@H](C)O1. The average molecular weight is 462 g/mol. The number of carbonyl (C=O) groups excluding carboxylic acids is 1. The number of morpholine rings is 1. The zero-order valence-corrected chi connectivity index (χ0v) is 18.8. The third kappa shape index (κ3) is 4.87. The number of amides is 1. The second kappa shape index (κ2) is 8.91. The maximum Gasteiger partial charge on any atom is 0.251 e. The van der Waals surface area contributed by atoms with Crippen LogP contribution in [0.3, 0.4) is 0 Å². The molecular weight excluding hydrogens is 438 g/mol. The fraction of sp³-hybridized carbons (Fsp3) is 0.333. The Morgan fingerprint density at radius 3 is 2.55 bits per heavy atom. The van der Waals surface area contributed by atoms with Gasteiger partial charge in [0.05, 0.1) is 34.2 Å². The molecule has 0 radical (unpaired) electrons. The van der Waals surface area contributed by atoms with Crippen LogP contribution in [0.25, 0.3) is 10.8 Å². The molecule has 8 nitrogen and oxygen atoms in total. The molecule has 1 aliphatic rings. The first-order valence-electron chi connectivity index (χ1n) is 9.85. The molecule has 4 rings (SSSR count). The van der Waals surface area contributed by atoms with E-state index in [-0.39, 0.29) is 29.6 Å². The summed E-state index contributed by atoms with van der Waals surface area (Å²) < 4.78 is 38.3. The lowest BCUT2D eigenvalue weighted by Gasteiger charge is -2.34.